The summed E-state index contributed by atoms with van der Waals surface area (Å²) < 4.78 is 15.3. The van der Waals surface area contributed by atoms with Gasteiger partial charge in [-0.05, 0) is 38.0 Å². The Balaban J connectivity index is 2.43. The summed E-state index contributed by atoms with van der Waals surface area (Å²) in [6.45, 7) is 3.93. The average molecular weight is 321 g/mol. The lowest BCUT2D eigenvalue weighted by Gasteiger charge is -2.09. The Kier molecular flexibility index (Phi) is 7.66. The Bertz CT molecular complexity index is 566. The molecule has 0 aliphatic heterocycles. The highest BCUT2D eigenvalue weighted by molar-refractivity contribution is 5.94. The highest BCUT2D eigenvalue weighted by Gasteiger charge is 2.05. The molecule has 1 rings (SSSR count). The van der Waals surface area contributed by atoms with Gasteiger partial charge in [-0.25, -0.2) is 4.79 Å². The molecule has 1 amide bonds. The molecule has 0 aliphatic rings. The van der Waals surface area contributed by atoms with Crippen LogP contribution >= 0.6 is 0 Å². The molecule has 1 aromatic rings. The van der Waals surface area contributed by atoms with E-state index in [4.69, 9.17) is 14.2 Å². The van der Waals surface area contributed by atoms with Crippen molar-refractivity contribution in [3.05, 3.63) is 35.9 Å². The Hall–Kier alpha value is -2.50. The van der Waals surface area contributed by atoms with Crippen LogP contribution in [0.5, 0.6) is 11.5 Å². The van der Waals surface area contributed by atoms with Gasteiger partial charge in [0.25, 0.3) is 0 Å². The number of carbonyl (C=O) groups excluding carboxylic acids is 2. The van der Waals surface area contributed by atoms with Crippen LogP contribution in [0.2, 0.25) is 0 Å². The van der Waals surface area contributed by atoms with Gasteiger partial charge < -0.3 is 19.5 Å². The van der Waals surface area contributed by atoms with E-state index in [1.807, 2.05) is 18.2 Å². The van der Waals surface area contributed by atoms with E-state index in [1.165, 1.54) is 6.08 Å². The van der Waals surface area contributed by atoms with E-state index in [0.717, 1.165) is 11.6 Å². The fourth-order valence-electron chi connectivity index (χ4n) is 1.84. The summed E-state index contributed by atoms with van der Waals surface area (Å²) in [5, 5.41) is 2.70. The molecule has 0 bridgehead atoms. The Morgan fingerprint density at radius 2 is 1.83 bits per heavy atom. The predicted molar refractivity (Wildman–Crippen MR) is 86.6 cm³/mol. The largest absolute Gasteiger partial charge is 0.493 e. The van der Waals surface area contributed by atoms with Crippen LogP contribution in [0.4, 0.5) is 0 Å². The molecule has 0 heterocycles. The second kappa shape index (κ2) is 9.50. The lowest BCUT2D eigenvalue weighted by molar-refractivity contribution is -0.141. The van der Waals surface area contributed by atoms with Crippen molar-refractivity contribution in [1.82, 2.24) is 5.32 Å². The first-order chi connectivity index (χ1) is 11.0. The van der Waals surface area contributed by atoms with Crippen molar-refractivity contribution in [2.45, 2.75) is 26.4 Å². The lowest BCUT2D eigenvalue weighted by Crippen LogP contribution is -2.24. The van der Waals surface area contributed by atoms with Gasteiger partial charge in [0.2, 0.25) is 5.91 Å². The molecule has 0 spiro atoms. The maximum absolute atomic E-state index is 11.6. The first-order valence-corrected chi connectivity index (χ1v) is 7.33. The van der Waals surface area contributed by atoms with Gasteiger partial charge in [-0.3, -0.25) is 4.79 Å². The fraction of sp³-hybridized carbons (Fsp3) is 0.412. The van der Waals surface area contributed by atoms with Crippen molar-refractivity contribution in [2.24, 2.45) is 0 Å². The molecule has 0 fully saturated rings. The smallest absolute Gasteiger partial charge is 0.331 e. The summed E-state index contributed by atoms with van der Waals surface area (Å²) in [5.74, 6) is 0.431. The number of hydrogen-bond donors (Lipinski definition) is 1. The molecule has 6 heteroatoms. The first-order valence-electron chi connectivity index (χ1n) is 7.33. The van der Waals surface area contributed by atoms with Crippen molar-refractivity contribution in [1.29, 1.82) is 0 Å². The molecule has 0 aliphatic carbocycles. The number of benzene rings is 1. The third kappa shape index (κ3) is 6.86. The molecular weight excluding hydrogens is 298 g/mol. The topological polar surface area (TPSA) is 73.9 Å². The summed E-state index contributed by atoms with van der Waals surface area (Å²) >= 11 is 0. The predicted octanol–water partition coefficient (Wildman–Crippen LogP) is 1.87. The van der Waals surface area contributed by atoms with E-state index < -0.39 is 5.97 Å². The zero-order chi connectivity index (χ0) is 17.2. The van der Waals surface area contributed by atoms with Gasteiger partial charge in [0, 0.05) is 18.7 Å². The SMILES string of the molecule is COc1ccc(CCNC(=O)/C=C/C(=O)OC(C)C)cc1OC. The van der Waals surface area contributed by atoms with E-state index in [9.17, 15) is 9.59 Å². The normalized spacial score (nSPS) is 10.7. The van der Waals surface area contributed by atoms with Crippen LogP contribution in [-0.2, 0) is 20.7 Å². The number of hydrogen-bond acceptors (Lipinski definition) is 5. The highest BCUT2D eigenvalue weighted by atomic mass is 16.5. The van der Waals surface area contributed by atoms with Crippen LogP contribution in [0, 0.1) is 0 Å². The Morgan fingerprint density at radius 3 is 2.43 bits per heavy atom. The van der Waals surface area contributed by atoms with E-state index in [2.05, 4.69) is 5.32 Å². The first kappa shape index (κ1) is 18.5. The highest BCUT2D eigenvalue weighted by Crippen LogP contribution is 2.27. The van der Waals surface area contributed by atoms with Gasteiger partial charge in [0.1, 0.15) is 0 Å². The van der Waals surface area contributed by atoms with E-state index in [1.54, 1.807) is 28.1 Å². The second-order valence-electron chi connectivity index (χ2n) is 5.05. The summed E-state index contributed by atoms with van der Waals surface area (Å²) in [6, 6.07) is 5.59. The molecule has 126 valence electrons. The number of ether oxygens (including phenoxy) is 3. The van der Waals surface area contributed by atoms with Crippen molar-refractivity contribution in [2.75, 3.05) is 20.8 Å². The maximum Gasteiger partial charge on any atom is 0.331 e. The van der Waals surface area contributed by atoms with Gasteiger partial charge in [0.15, 0.2) is 11.5 Å². The minimum Gasteiger partial charge on any atom is -0.493 e. The van der Waals surface area contributed by atoms with Crippen LogP contribution in [0.3, 0.4) is 0 Å². The standard InChI is InChI=1S/C17H23NO5/c1-12(2)23-17(20)8-7-16(19)18-10-9-13-5-6-14(21-3)15(11-13)22-4/h5-8,11-12H,9-10H2,1-4H3,(H,18,19)/b8-7+. The molecule has 0 atom stereocenters. The van der Waals surface area contributed by atoms with Crippen LogP contribution in [0.1, 0.15) is 19.4 Å². The number of carbonyl (C=O) groups is 2. The van der Waals surface area contributed by atoms with Crippen molar-refractivity contribution in [3.63, 3.8) is 0 Å². The monoisotopic (exact) mass is 321 g/mol. The van der Waals surface area contributed by atoms with E-state index in [0.29, 0.717) is 24.5 Å². The second-order valence-corrected chi connectivity index (χ2v) is 5.05. The minimum atomic E-state index is -0.532. The summed E-state index contributed by atoms with van der Waals surface area (Å²) in [5.41, 5.74) is 1.01. The molecule has 1 N–H and O–H groups in total. The van der Waals surface area contributed by atoms with Gasteiger partial charge in [-0.2, -0.15) is 0 Å². The van der Waals surface area contributed by atoms with Gasteiger partial charge in [-0.1, -0.05) is 6.07 Å². The quantitative estimate of drug-likeness (QED) is 0.584. The molecule has 0 radical (unpaired) electrons. The van der Waals surface area contributed by atoms with Gasteiger partial charge in [0.05, 0.1) is 20.3 Å². The number of amides is 1. The Morgan fingerprint density at radius 1 is 1.13 bits per heavy atom. The van der Waals surface area contributed by atoms with Crippen molar-refractivity contribution < 1.29 is 23.8 Å². The molecule has 6 nitrogen and oxygen atoms in total. The van der Waals surface area contributed by atoms with Gasteiger partial charge >= 0.3 is 5.97 Å². The molecule has 0 unspecified atom stereocenters. The molecule has 0 saturated heterocycles. The molecular formula is C17H23NO5. The van der Waals surface area contributed by atoms with Gasteiger partial charge in [-0.15, -0.1) is 0 Å². The lowest BCUT2D eigenvalue weighted by atomic mass is 10.1. The fourth-order valence-corrected chi connectivity index (χ4v) is 1.84. The van der Waals surface area contributed by atoms with Crippen LogP contribution in [-0.4, -0.2) is 38.7 Å². The van der Waals surface area contributed by atoms with Crippen LogP contribution in [0.15, 0.2) is 30.4 Å². The van der Waals surface area contributed by atoms with E-state index in [-0.39, 0.29) is 12.0 Å². The number of rotatable bonds is 8. The molecule has 1 aromatic carbocycles. The van der Waals surface area contributed by atoms with Crippen molar-refractivity contribution >= 4 is 11.9 Å². The van der Waals surface area contributed by atoms with Crippen LogP contribution < -0.4 is 14.8 Å². The molecule has 23 heavy (non-hydrogen) atoms. The third-order valence-corrected chi connectivity index (χ3v) is 2.88. The number of esters is 1. The van der Waals surface area contributed by atoms with Crippen molar-refractivity contribution in [3.8, 4) is 11.5 Å². The number of methoxy groups -OCH3 is 2. The maximum atomic E-state index is 11.6. The summed E-state index contributed by atoms with van der Waals surface area (Å²) in [7, 11) is 3.15. The molecule has 0 saturated carbocycles. The minimum absolute atomic E-state index is 0.208. The number of nitrogens with one attached hydrogen (secondary N) is 1. The zero-order valence-electron chi connectivity index (χ0n) is 13.9. The summed E-state index contributed by atoms with van der Waals surface area (Å²) in [4.78, 5) is 22.9. The Labute approximate surface area is 136 Å². The summed E-state index contributed by atoms with van der Waals surface area (Å²) in [6.07, 6.45) is 2.71. The zero-order valence-corrected chi connectivity index (χ0v) is 13.9. The van der Waals surface area contributed by atoms with Crippen LogP contribution in [0.25, 0.3) is 0 Å². The average Bonchev–Trinajstić information content (AvgIpc) is 2.52. The molecule has 0 aromatic heterocycles. The van der Waals surface area contributed by atoms with E-state index >= 15 is 0 Å². The third-order valence-electron chi connectivity index (χ3n) is 2.88.